The summed E-state index contributed by atoms with van der Waals surface area (Å²) in [5.74, 6) is 0.793. The monoisotopic (exact) mass is 642 g/mol. The summed E-state index contributed by atoms with van der Waals surface area (Å²) < 4.78 is 7.71. The highest BCUT2D eigenvalue weighted by Crippen LogP contribution is 2.40. The second kappa shape index (κ2) is 12.5. The third kappa shape index (κ3) is 8.18. The molecule has 0 unspecified atom stereocenters. The number of hydrazone groups is 1. The largest absolute Gasteiger partial charge is 0.507 e. The van der Waals surface area contributed by atoms with Crippen LogP contribution in [0.15, 0.2) is 68.6 Å². The maximum atomic E-state index is 12.6. The molecule has 0 aliphatic carbocycles. The second-order valence-corrected chi connectivity index (χ2v) is 13.2. The summed E-state index contributed by atoms with van der Waals surface area (Å²) in [6.45, 7) is 12.9. The highest BCUT2D eigenvalue weighted by atomic mass is 79.9. The molecular weight excluding hydrogens is 608 g/mol. The van der Waals surface area contributed by atoms with E-state index in [1.54, 1.807) is 6.21 Å². The number of hydrogen-bond donors (Lipinski definition) is 2. The van der Waals surface area contributed by atoms with Crippen molar-refractivity contribution in [1.82, 2.24) is 5.43 Å². The minimum Gasteiger partial charge on any atom is -0.507 e. The predicted molar refractivity (Wildman–Crippen MR) is 162 cm³/mol. The predicted octanol–water partition coefficient (Wildman–Crippen LogP) is 8.17. The van der Waals surface area contributed by atoms with Crippen LogP contribution in [0.4, 0.5) is 0 Å². The van der Waals surface area contributed by atoms with Gasteiger partial charge in [-0.3, -0.25) is 4.79 Å². The summed E-state index contributed by atoms with van der Waals surface area (Å²) in [5, 5.41) is 15.1. The standard InChI is InChI=1S/C31H36Br2N2O3/c1-30(2,3)24-14-21(15-25(28(24)37)31(4,5)6)12-13-27(36)35-34-18-22-16-23(32)17-26(33)29(22)38-19-20-10-8-7-9-11-20/h7-11,14-18,37H,12-13,19H2,1-6H3,(H,35,36)/b34-18-. The summed E-state index contributed by atoms with van der Waals surface area (Å²) in [6.07, 6.45) is 2.40. The number of aryl methyl sites for hydroxylation is 1. The molecule has 0 saturated carbocycles. The molecule has 0 spiro atoms. The maximum Gasteiger partial charge on any atom is 0.240 e. The summed E-state index contributed by atoms with van der Waals surface area (Å²) >= 11 is 7.07. The molecule has 2 N–H and O–H groups in total. The zero-order valence-corrected chi connectivity index (χ0v) is 26.0. The molecule has 0 aliphatic heterocycles. The lowest BCUT2D eigenvalue weighted by atomic mass is 9.78. The van der Waals surface area contributed by atoms with E-state index >= 15 is 0 Å². The van der Waals surface area contributed by atoms with Gasteiger partial charge in [0.15, 0.2) is 0 Å². The van der Waals surface area contributed by atoms with E-state index in [1.165, 1.54) is 0 Å². The van der Waals surface area contributed by atoms with E-state index in [2.05, 4.69) is 83.9 Å². The number of ether oxygens (including phenoxy) is 1. The average Bonchev–Trinajstić information content (AvgIpc) is 2.82. The molecule has 0 bridgehead atoms. The van der Waals surface area contributed by atoms with Gasteiger partial charge in [-0.2, -0.15) is 5.10 Å². The molecule has 0 atom stereocenters. The van der Waals surface area contributed by atoms with Crippen LogP contribution in [-0.4, -0.2) is 17.2 Å². The fraction of sp³-hybridized carbons (Fsp3) is 0.355. The molecule has 3 aromatic carbocycles. The van der Waals surface area contributed by atoms with E-state index in [0.29, 0.717) is 24.5 Å². The van der Waals surface area contributed by atoms with Gasteiger partial charge in [0.05, 0.1) is 10.7 Å². The van der Waals surface area contributed by atoms with Crippen molar-refractivity contribution in [2.24, 2.45) is 5.10 Å². The van der Waals surface area contributed by atoms with Gasteiger partial charge in [-0.25, -0.2) is 5.43 Å². The quantitative estimate of drug-likeness (QED) is 0.192. The van der Waals surface area contributed by atoms with Gasteiger partial charge in [-0.05, 0) is 67.6 Å². The molecule has 0 heterocycles. The Morgan fingerprint density at radius 1 is 0.947 bits per heavy atom. The molecule has 202 valence electrons. The fourth-order valence-corrected chi connectivity index (χ4v) is 5.40. The first-order chi connectivity index (χ1) is 17.8. The number of nitrogens with zero attached hydrogens (tertiary/aromatic N) is 1. The molecule has 0 fully saturated rings. The Morgan fingerprint density at radius 2 is 1.55 bits per heavy atom. The molecule has 38 heavy (non-hydrogen) atoms. The first-order valence-corrected chi connectivity index (χ1v) is 14.2. The number of nitrogens with one attached hydrogen (secondary N) is 1. The highest BCUT2D eigenvalue weighted by molar-refractivity contribution is 9.11. The number of amides is 1. The summed E-state index contributed by atoms with van der Waals surface area (Å²) in [5.41, 5.74) is 6.78. The number of halogens is 2. The molecule has 1 amide bonds. The van der Waals surface area contributed by atoms with Gasteiger partial charge in [0.2, 0.25) is 5.91 Å². The topological polar surface area (TPSA) is 70.9 Å². The Morgan fingerprint density at radius 3 is 2.13 bits per heavy atom. The number of phenols is 1. The maximum absolute atomic E-state index is 12.6. The minimum atomic E-state index is -0.217. The molecular formula is C31H36Br2N2O3. The van der Waals surface area contributed by atoms with Gasteiger partial charge in [0.1, 0.15) is 18.1 Å². The van der Waals surface area contributed by atoms with Gasteiger partial charge >= 0.3 is 0 Å². The van der Waals surface area contributed by atoms with E-state index in [4.69, 9.17) is 4.74 Å². The smallest absolute Gasteiger partial charge is 0.240 e. The van der Waals surface area contributed by atoms with E-state index < -0.39 is 0 Å². The number of phenolic OH excluding ortho intramolecular Hbond substituents is 1. The first-order valence-electron chi connectivity index (χ1n) is 12.6. The van der Waals surface area contributed by atoms with Gasteiger partial charge in [-0.15, -0.1) is 0 Å². The van der Waals surface area contributed by atoms with Crippen LogP contribution in [0.25, 0.3) is 0 Å². The van der Waals surface area contributed by atoms with Crippen LogP contribution in [0, 0.1) is 0 Å². The van der Waals surface area contributed by atoms with Gasteiger partial charge < -0.3 is 9.84 Å². The SMILES string of the molecule is CC(C)(C)c1cc(CCC(=O)N/N=C\c2cc(Br)cc(Br)c2OCc2ccccc2)cc(C(C)(C)C)c1O. The lowest BCUT2D eigenvalue weighted by Gasteiger charge is -2.28. The van der Waals surface area contributed by atoms with Crippen LogP contribution in [0.1, 0.15) is 75.8 Å². The molecule has 0 aromatic heterocycles. The Hall–Kier alpha value is -2.64. The van der Waals surface area contributed by atoms with Crippen LogP contribution in [0.3, 0.4) is 0 Å². The molecule has 7 heteroatoms. The van der Waals surface area contributed by atoms with Gasteiger partial charge in [0.25, 0.3) is 0 Å². The third-order valence-electron chi connectivity index (χ3n) is 6.08. The second-order valence-electron chi connectivity index (χ2n) is 11.4. The van der Waals surface area contributed by atoms with Gasteiger partial charge in [0, 0.05) is 16.5 Å². The molecule has 3 rings (SSSR count). The van der Waals surface area contributed by atoms with Crippen molar-refractivity contribution in [2.75, 3.05) is 0 Å². The molecule has 5 nitrogen and oxygen atoms in total. The zero-order chi connectivity index (χ0) is 28.1. The summed E-state index contributed by atoms with van der Waals surface area (Å²) in [7, 11) is 0. The molecule has 0 saturated heterocycles. The number of carbonyl (C=O) groups excluding carboxylic acids is 1. The molecule has 3 aromatic rings. The fourth-order valence-electron chi connectivity index (χ4n) is 4.03. The lowest BCUT2D eigenvalue weighted by molar-refractivity contribution is -0.121. The Bertz CT molecular complexity index is 1270. The number of aromatic hydroxyl groups is 1. The highest BCUT2D eigenvalue weighted by Gasteiger charge is 2.26. The zero-order valence-electron chi connectivity index (χ0n) is 22.9. The van der Waals surface area contributed by atoms with Crippen molar-refractivity contribution in [3.63, 3.8) is 0 Å². The van der Waals surface area contributed by atoms with Crippen molar-refractivity contribution in [3.8, 4) is 11.5 Å². The molecule has 0 aliphatic rings. The van der Waals surface area contributed by atoms with Crippen LogP contribution in [0.2, 0.25) is 0 Å². The van der Waals surface area contributed by atoms with Crippen LogP contribution in [0.5, 0.6) is 11.5 Å². The third-order valence-corrected chi connectivity index (χ3v) is 7.13. The van der Waals surface area contributed by atoms with Crippen molar-refractivity contribution in [1.29, 1.82) is 0 Å². The van der Waals surface area contributed by atoms with Gasteiger partial charge in [-0.1, -0.05) is 99.9 Å². The van der Waals surface area contributed by atoms with Crippen molar-refractivity contribution in [2.45, 2.75) is 71.8 Å². The van der Waals surface area contributed by atoms with Crippen molar-refractivity contribution in [3.05, 3.63) is 91.4 Å². The summed E-state index contributed by atoms with van der Waals surface area (Å²) in [6, 6.07) is 17.7. The van der Waals surface area contributed by atoms with Crippen LogP contribution >= 0.6 is 31.9 Å². The van der Waals surface area contributed by atoms with Crippen molar-refractivity contribution >= 4 is 44.0 Å². The van der Waals surface area contributed by atoms with E-state index in [9.17, 15) is 9.90 Å². The van der Waals surface area contributed by atoms with Crippen LogP contribution < -0.4 is 10.2 Å². The minimum absolute atomic E-state index is 0.190. The normalized spacial score (nSPS) is 12.1. The van der Waals surface area contributed by atoms with Crippen LogP contribution in [-0.2, 0) is 28.7 Å². The number of hydrogen-bond acceptors (Lipinski definition) is 4. The van der Waals surface area contributed by atoms with E-state index in [0.717, 1.165) is 36.8 Å². The first kappa shape index (κ1) is 29.9. The lowest BCUT2D eigenvalue weighted by Crippen LogP contribution is -2.20. The number of rotatable bonds is 8. The molecule has 0 radical (unpaired) electrons. The van der Waals surface area contributed by atoms with Crippen molar-refractivity contribution < 1.29 is 14.6 Å². The Kier molecular flexibility index (Phi) is 9.82. The van der Waals surface area contributed by atoms with E-state index in [-0.39, 0.29) is 23.2 Å². The summed E-state index contributed by atoms with van der Waals surface area (Å²) in [4.78, 5) is 12.6. The number of benzene rings is 3. The number of carbonyl (C=O) groups is 1. The average molecular weight is 644 g/mol. The van der Waals surface area contributed by atoms with E-state index in [1.807, 2.05) is 54.6 Å². The Labute approximate surface area is 243 Å². The Balaban J connectivity index is 1.70.